The van der Waals surface area contributed by atoms with Gasteiger partial charge < -0.3 is 15.3 Å². The monoisotopic (exact) mass is 318 g/mol. The van der Waals surface area contributed by atoms with Crippen molar-refractivity contribution in [2.24, 2.45) is 5.92 Å². The van der Waals surface area contributed by atoms with Gasteiger partial charge in [0.15, 0.2) is 0 Å². The molecule has 23 heavy (non-hydrogen) atoms. The highest BCUT2D eigenvalue weighted by atomic mass is 16.3. The van der Waals surface area contributed by atoms with E-state index < -0.39 is 6.10 Å². The standard InChI is InChI=1S/C18H26N2O3/c1-13(2)8-9-17(22)19-15-6-3-5-14(11-15)18(23)20-10-4-7-16(21)12-20/h3,5-6,11,13,16,21H,4,7-10,12H2,1-2H3,(H,19,22). The molecule has 0 saturated carbocycles. The van der Waals surface area contributed by atoms with Crippen molar-refractivity contribution in [3.05, 3.63) is 29.8 Å². The largest absolute Gasteiger partial charge is 0.391 e. The zero-order valence-corrected chi connectivity index (χ0v) is 13.9. The average molecular weight is 318 g/mol. The lowest BCUT2D eigenvalue weighted by atomic mass is 10.1. The minimum atomic E-state index is -0.438. The number of benzene rings is 1. The molecule has 0 aromatic heterocycles. The summed E-state index contributed by atoms with van der Waals surface area (Å²) in [6, 6.07) is 7.00. The van der Waals surface area contributed by atoms with Crippen LogP contribution in [0.5, 0.6) is 0 Å². The second-order valence-corrected chi connectivity index (χ2v) is 6.61. The van der Waals surface area contributed by atoms with Gasteiger partial charge in [-0.15, -0.1) is 0 Å². The van der Waals surface area contributed by atoms with E-state index in [1.54, 1.807) is 29.2 Å². The fraction of sp³-hybridized carbons (Fsp3) is 0.556. The maximum Gasteiger partial charge on any atom is 0.254 e. The van der Waals surface area contributed by atoms with E-state index in [0.29, 0.717) is 36.7 Å². The van der Waals surface area contributed by atoms with Crippen LogP contribution in [0.3, 0.4) is 0 Å². The van der Waals surface area contributed by atoms with Crippen LogP contribution in [-0.2, 0) is 4.79 Å². The Morgan fingerprint density at radius 3 is 2.87 bits per heavy atom. The normalized spacial score (nSPS) is 18.1. The topological polar surface area (TPSA) is 69.6 Å². The van der Waals surface area contributed by atoms with Crippen molar-refractivity contribution in [3.8, 4) is 0 Å². The molecule has 1 aliphatic heterocycles. The number of rotatable bonds is 5. The third-order valence-electron chi connectivity index (χ3n) is 4.03. The molecule has 5 heteroatoms. The number of piperidine rings is 1. The van der Waals surface area contributed by atoms with Crippen molar-refractivity contribution in [2.45, 2.75) is 45.6 Å². The predicted octanol–water partition coefficient (Wildman–Crippen LogP) is 2.66. The van der Waals surface area contributed by atoms with Crippen LogP contribution in [0, 0.1) is 5.92 Å². The van der Waals surface area contributed by atoms with Gasteiger partial charge in [0.1, 0.15) is 0 Å². The van der Waals surface area contributed by atoms with Gasteiger partial charge in [0.25, 0.3) is 5.91 Å². The van der Waals surface area contributed by atoms with Crippen molar-refractivity contribution in [1.82, 2.24) is 4.90 Å². The van der Waals surface area contributed by atoms with Crippen LogP contribution in [0.25, 0.3) is 0 Å². The van der Waals surface area contributed by atoms with Gasteiger partial charge in [0, 0.05) is 30.8 Å². The van der Waals surface area contributed by atoms with Gasteiger partial charge in [0.2, 0.25) is 5.91 Å². The molecule has 0 bridgehead atoms. The molecular formula is C18H26N2O3. The first-order chi connectivity index (χ1) is 11.0. The number of hydrogen-bond donors (Lipinski definition) is 2. The molecule has 1 atom stereocenters. The molecule has 2 rings (SSSR count). The highest BCUT2D eigenvalue weighted by Crippen LogP contribution is 2.17. The van der Waals surface area contributed by atoms with Crippen LogP contribution >= 0.6 is 0 Å². The number of aliphatic hydroxyl groups is 1. The van der Waals surface area contributed by atoms with Gasteiger partial charge in [-0.05, 0) is 43.4 Å². The van der Waals surface area contributed by atoms with Gasteiger partial charge in [0.05, 0.1) is 6.10 Å². The molecule has 1 fully saturated rings. The minimum absolute atomic E-state index is 0.0308. The van der Waals surface area contributed by atoms with Crippen LogP contribution in [0.1, 0.15) is 49.9 Å². The summed E-state index contributed by atoms with van der Waals surface area (Å²) in [7, 11) is 0. The summed E-state index contributed by atoms with van der Waals surface area (Å²) in [5, 5.41) is 12.5. The summed E-state index contributed by atoms with van der Waals surface area (Å²) >= 11 is 0. The number of hydrogen-bond acceptors (Lipinski definition) is 3. The number of anilines is 1. The van der Waals surface area contributed by atoms with Crippen LogP contribution in [0.2, 0.25) is 0 Å². The summed E-state index contributed by atoms with van der Waals surface area (Å²) in [4.78, 5) is 26.1. The SMILES string of the molecule is CC(C)CCC(=O)Nc1cccc(C(=O)N2CCCC(O)C2)c1. The molecule has 1 heterocycles. The summed E-state index contributed by atoms with van der Waals surface area (Å²) < 4.78 is 0. The number of carbonyl (C=O) groups is 2. The maximum atomic E-state index is 12.5. The first kappa shape index (κ1) is 17.5. The third-order valence-corrected chi connectivity index (χ3v) is 4.03. The Morgan fingerprint density at radius 1 is 1.39 bits per heavy atom. The Labute approximate surface area is 137 Å². The first-order valence-electron chi connectivity index (χ1n) is 8.33. The number of aliphatic hydroxyl groups excluding tert-OH is 1. The Balaban J connectivity index is 1.98. The molecule has 1 aromatic carbocycles. The molecule has 0 spiro atoms. The molecule has 1 aromatic rings. The summed E-state index contributed by atoms with van der Waals surface area (Å²) in [5.74, 6) is 0.359. The third kappa shape index (κ3) is 5.36. The van der Waals surface area contributed by atoms with E-state index in [0.717, 1.165) is 19.3 Å². The van der Waals surface area contributed by atoms with E-state index in [1.807, 2.05) is 0 Å². The molecule has 0 radical (unpaired) electrons. The van der Waals surface area contributed by atoms with Gasteiger partial charge in [-0.3, -0.25) is 9.59 Å². The summed E-state index contributed by atoms with van der Waals surface area (Å²) in [6.07, 6.45) is 2.45. The van der Waals surface area contributed by atoms with Crippen molar-refractivity contribution in [3.63, 3.8) is 0 Å². The Bertz CT molecular complexity index is 557. The quantitative estimate of drug-likeness (QED) is 0.877. The molecule has 1 unspecified atom stereocenters. The molecule has 5 nitrogen and oxygen atoms in total. The van der Waals surface area contributed by atoms with E-state index in [-0.39, 0.29) is 11.8 Å². The van der Waals surface area contributed by atoms with Gasteiger partial charge in [-0.2, -0.15) is 0 Å². The lowest BCUT2D eigenvalue weighted by Gasteiger charge is -2.30. The molecule has 0 aliphatic carbocycles. The van der Waals surface area contributed by atoms with E-state index in [2.05, 4.69) is 19.2 Å². The Kier molecular flexibility index (Phi) is 6.16. The van der Waals surface area contributed by atoms with Crippen LogP contribution < -0.4 is 5.32 Å². The fourth-order valence-electron chi connectivity index (χ4n) is 2.70. The van der Waals surface area contributed by atoms with Crippen LogP contribution in [0.4, 0.5) is 5.69 Å². The smallest absolute Gasteiger partial charge is 0.254 e. The molecule has 2 N–H and O–H groups in total. The summed E-state index contributed by atoms with van der Waals surface area (Å²) in [5.41, 5.74) is 1.18. The van der Waals surface area contributed by atoms with Crippen molar-refractivity contribution in [1.29, 1.82) is 0 Å². The molecular weight excluding hydrogens is 292 g/mol. The van der Waals surface area contributed by atoms with Crippen molar-refractivity contribution < 1.29 is 14.7 Å². The maximum absolute atomic E-state index is 12.5. The van der Waals surface area contributed by atoms with E-state index in [9.17, 15) is 14.7 Å². The number of β-amino-alcohol motifs (C(OH)–C–C–N with tert-alkyl or cyclic N) is 1. The first-order valence-corrected chi connectivity index (χ1v) is 8.33. The Morgan fingerprint density at radius 2 is 2.17 bits per heavy atom. The highest BCUT2D eigenvalue weighted by molar-refractivity contribution is 5.97. The number of amides is 2. The van der Waals surface area contributed by atoms with Crippen LogP contribution in [0.15, 0.2) is 24.3 Å². The lowest BCUT2D eigenvalue weighted by molar-refractivity contribution is -0.116. The molecule has 1 saturated heterocycles. The van der Waals surface area contributed by atoms with Crippen LogP contribution in [-0.4, -0.2) is 41.0 Å². The van der Waals surface area contributed by atoms with E-state index >= 15 is 0 Å². The zero-order valence-electron chi connectivity index (χ0n) is 13.9. The predicted molar refractivity (Wildman–Crippen MR) is 90.3 cm³/mol. The molecule has 1 aliphatic rings. The van der Waals surface area contributed by atoms with Gasteiger partial charge in [-0.1, -0.05) is 19.9 Å². The summed E-state index contributed by atoms with van der Waals surface area (Å²) in [6.45, 7) is 5.21. The molecule has 126 valence electrons. The minimum Gasteiger partial charge on any atom is -0.391 e. The number of likely N-dealkylation sites (tertiary alicyclic amines) is 1. The lowest BCUT2D eigenvalue weighted by Crippen LogP contribution is -2.42. The van der Waals surface area contributed by atoms with E-state index in [4.69, 9.17) is 0 Å². The second kappa shape index (κ2) is 8.11. The van der Waals surface area contributed by atoms with Crippen molar-refractivity contribution >= 4 is 17.5 Å². The van der Waals surface area contributed by atoms with Crippen molar-refractivity contribution in [2.75, 3.05) is 18.4 Å². The molecule has 2 amide bonds. The zero-order chi connectivity index (χ0) is 16.8. The fourth-order valence-corrected chi connectivity index (χ4v) is 2.70. The second-order valence-electron chi connectivity index (χ2n) is 6.61. The van der Waals surface area contributed by atoms with Gasteiger partial charge in [-0.25, -0.2) is 0 Å². The van der Waals surface area contributed by atoms with E-state index in [1.165, 1.54) is 0 Å². The number of nitrogens with zero attached hydrogens (tertiary/aromatic N) is 1. The average Bonchev–Trinajstić information content (AvgIpc) is 2.52. The highest BCUT2D eigenvalue weighted by Gasteiger charge is 2.23. The number of nitrogens with one attached hydrogen (secondary N) is 1. The number of carbonyl (C=O) groups excluding carboxylic acids is 2. The Hall–Kier alpha value is -1.88. The van der Waals surface area contributed by atoms with Gasteiger partial charge >= 0.3 is 0 Å².